The van der Waals surface area contributed by atoms with Crippen LogP contribution in [0.3, 0.4) is 0 Å². The molecule has 0 saturated carbocycles. The van der Waals surface area contributed by atoms with Gasteiger partial charge in [0.25, 0.3) is 0 Å². The van der Waals surface area contributed by atoms with Crippen molar-refractivity contribution in [2.24, 2.45) is 10.1 Å². The molecule has 0 aliphatic heterocycles. The molecule has 0 atom stereocenters. The lowest BCUT2D eigenvalue weighted by molar-refractivity contribution is 0.521. The van der Waals surface area contributed by atoms with E-state index in [0.717, 1.165) is 28.1 Å². The fraction of sp³-hybridized carbons (Fsp3) is 0.192. The van der Waals surface area contributed by atoms with Gasteiger partial charge in [0.05, 0.1) is 22.0 Å². The highest BCUT2D eigenvalue weighted by atomic mass is 32.2. The summed E-state index contributed by atoms with van der Waals surface area (Å²) in [5, 5.41) is 6.93. The molecule has 9 heteroatoms. The van der Waals surface area contributed by atoms with Crippen molar-refractivity contribution in [1.29, 1.82) is 0 Å². The minimum Gasteiger partial charge on any atom is -0.265 e. The number of aryl methyl sites for hydroxylation is 2. The monoisotopic (exact) mass is 505 g/mol. The van der Waals surface area contributed by atoms with Crippen LogP contribution in [0.4, 0.5) is 5.69 Å². The van der Waals surface area contributed by atoms with Crippen molar-refractivity contribution in [2.45, 2.75) is 25.7 Å². The summed E-state index contributed by atoms with van der Waals surface area (Å²) in [6.07, 6.45) is 3.47. The van der Waals surface area contributed by atoms with Crippen molar-refractivity contribution in [2.75, 3.05) is 14.1 Å². The fourth-order valence-corrected chi connectivity index (χ4v) is 5.15. The molecule has 0 fully saturated rings. The van der Waals surface area contributed by atoms with E-state index in [1.165, 1.54) is 35.3 Å². The highest BCUT2D eigenvalue weighted by Crippen LogP contribution is 2.26. The Morgan fingerprint density at radius 1 is 1.00 bits per heavy atom. The summed E-state index contributed by atoms with van der Waals surface area (Å²) in [6, 6.07) is 17.1. The van der Waals surface area contributed by atoms with Gasteiger partial charge in [-0.05, 0) is 50.6 Å². The van der Waals surface area contributed by atoms with Crippen molar-refractivity contribution in [3.8, 4) is 11.3 Å². The smallest absolute Gasteiger partial charge is 0.242 e. The second-order valence-corrected chi connectivity index (χ2v) is 11.3. The molecule has 0 unspecified atom stereocenters. The minimum absolute atomic E-state index is 0.199. The molecule has 2 aromatic heterocycles. The van der Waals surface area contributed by atoms with E-state index in [1.807, 2.05) is 36.0 Å². The third-order valence-electron chi connectivity index (χ3n) is 5.56. The average molecular weight is 506 g/mol. The van der Waals surface area contributed by atoms with Gasteiger partial charge in [-0.15, -0.1) is 11.3 Å². The van der Waals surface area contributed by atoms with E-state index in [0.29, 0.717) is 10.5 Å². The predicted octanol–water partition coefficient (Wildman–Crippen LogP) is 4.98. The molecule has 4 aromatic rings. The van der Waals surface area contributed by atoms with Crippen LogP contribution in [0.5, 0.6) is 0 Å². The Hall–Kier alpha value is -3.40. The van der Waals surface area contributed by atoms with Gasteiger partial charge in [0, 0.05) is 43.0 Å². The maximum absolute atomic E-state index is 12.7. The molecule has 0 radical (unpaired) electrons. The molecule has 0 saturated heterocycles. The third kappa shape index (κ3) is 5.32. The maximum atomic E-state index is 12.7. The molecule has 2 aromatic carbocycles. The van der Waals surface area contributed by atoms with Crippen LogP contribution in [0.25, 0.3) is 11.3 Å². The first-order valence-electron chi connectivity index (χ1n) is 11.0. The van der Waals surface area contributed by atoms with Crippen LogP contribution in [-0.4, -0.2) is 42.2 Å². The molecule has 0 N–H and O–H groups in total. The second kappa shape index (κ2) is 10.1. The lowest BCUT2D eigenvalue weighted by Crippen LogP contribution is -2.22. The van der Waals surface area contributed by atoms with E-state index < -0.39 is 10.0 Å². The minimum atomic E-state index is -3.58. The summed E-state index contributed by atoms with van der Waals surface area (Å²) in [6.45, 7) is 5.91. The molecule has 2 heterocycles. The fourth-order valence-electron chi connectivity index (χ4n) is 3.38. The molecule has 4 rings (SSSR count). The Morgan fingerprint density at radius 3 is 2.34 bits per heavy atom. The van der Waals surface area contributed by atoms with Crippen LogP contribution >= 0.6 is 11.3 Å². The predicted molar refractivity (Wildman–Crippen MR) is 142 cm³/mol. The van der Waals surface area contributed by atoms with Gasteiger partial charge in [0.2, 0.25) is 14.8 Å². The third-order valence-corrected chi connectivity index (χ3v) is 8.18. The molecule has 0 aliphatic carbocycles. The number of aromatic nitrogens is 2. The lowest BCUT2D eigenvalue weighted by Gasteiger charge is -2.12. The SMILES string of the molecule is CC(=Nn1c(-c2ccc(C)cc2)csc1=Nc1cc(S(=O)(=O)N(C)C)ccc1C)c1ccncc1. The van der Waals surface area contributed by atoms with Crippen LogP contribution in [0.15, 0.2) is 87.4 Å². The first-order valence-corrected chi connectivity index (χ1v) is 13.3. The largest absolute Gasteiger partial charge is 0.265 e. The quantitative estimate of drug-likeness (QED) is 0.347. The van der Waals surface area contributed by atoms with Gasteiger partial charge in [-0.1, -0.05) is 35.9 Å². The molecular formula is C26H27N5O2S2. The molecule has 0 bridgehead atoms. The Bertz CT molecular complexity index is 1550. The number of hydrogen-bond donors (Lipinski definition) is 0. The van der Waals surface area contributed by atoms with Crippen LogP contribution in [0.1, 0.15) is 23.6 Å². The highest BCUT2D eigenvalue weighted by Gasteiger charge is 2.18. The van der Waals surface area contributed by atoms with Gasteiger partial charge < -0.3 is 0 Å². The molecule has 180 valence electrons. The number of thiazole rings is 1. The van der Waals surface area contributed by atoms with E-state index in [-0.39, 0.29) is 4.90 Å². The lowest BCUT2D eigenvalue weighted by atomic mass is 10.1. The van der Waals surface area contributed by atoms with Gasteiger partial charge in [-0.3, -0.25) is 4.98 Å². The summed E-state index contributed by atoms with van der Waals surface area (Å²) in [4.78, 5) is 9.79. The Morgan fingerprint density at radius 2 is 1.69 bits per heavy atom. The Balaban J connectivity index is 1.93. The zero-order chi connectivity index (χ0) is 25.2. The Labute approximate surface area is 209 Å². The second-order valence-electron chi connectivity index (χ2n) is 8.35. The normalized spacial score (nSPS) is 13.0. The molecule has 0 spiro atoms. The van der Waals surface area contributed by atoms with E-state index in [9.17, 15) is 8.42 Å². The van der Waals surface area contributed by atoms with Gasteiger partial charge in [-0.2, -0.15) is 5.10 Å². The zero-order valence-electron chi connectivity index (χ0n) is 20.3. The number of sulfonamides is 1. The molecule has 7 nitrogen and oxygen atoms in total. The van der Waals surface area contributed by atoms with Crippen molar-refractivity contribution < 1.29 is 8.42 Å². The topological polar surface area (TPSA) is 79.9 Å². The van der Waals surface area contributed by atoms with Gasteiger partial charge in [0.15, 0.2) is 0 Å². The van der Waals surface area contributed by atoms with E-state index in [1.54, 1.807) is 30.6 Å². The summed E-state index contributed by atoms with van der Waals surface area (Å²) in [5.74, 6) is 0. The number of nitrogens with zero attached hydrogens (tertiary/aromatic N) is 5. The summed E-state index contributed by atoms with van der Waals surface area (Å²) in [5.41, 5.74) is 6.30. The van der Waals surface area contributed by atoms with E-state index >= 15 is 0 Å². The van der Waals surface area contributed by atoms with Crippen molar-refractivity contribution in [3.05, 3.63) is 93.9 Å². The molecular weight excluding hydrogens is 478 g/mol. The average Bonchev–Trinajstić information content (AvgIpc) is 3.23. The van der Waals surface area contributed by atoms with Crippen molar-refractivity contribution in [1.82, 2.24) is 14.0 Å². The number of hydrogen-bond acceptors (Lipinski definition) is 6. The maximum Gasteiger partial charge on any atom is 0.242 e. The first kappa shape index (κ1) is 24.7. The summed E-state index contributed by atoms with van der Waals surface area (Å²) < 4.78 is 28.4. The Kier molecular flexibility index (Phi) is 7.11. The van der Waals surface area contributed by atoms with Crippen LogP contribution in [-0.2, 0) is 10.0 Å². The highest BCUT2D eigenvalue weighted by molar-refractivity contribution is 7.89. The van der Waals surface area contributed by atoms with Gasteiger partial charge in [-0.25, -0.2) is 22.4 Å². The first-order chi connectivity index (χ1) is 16.7. The molecule has 0 amide bonds. The van der Waals surface area contributed by atoms with Crippen molar-refractivity contribution in [3.63, 3.8) is 0 Å². The molecule has 0 aliphatic rings. The summed E-state index contributed by atoms with van der Waals surface area (Å²) in [7, 11) is -0.544. The van der Waals surface area contributed by atoms with Gasteiger partial charge >= 0.3 is 0 Å². The summed E-state index contributed by atoms with van der Waals surface area (Å²) >= 11 is 1.45. The standard InChI is InChI=1S/C26H27N5O2S2/c1-18-6-9-22(10-7-18)25-17-34-26(31(25)29-20(3)21-12-14-27-15-13-21)28-24-16-23(11-8-19(24)2)35(32,33)30(4)5/h6-17H,1-5H3. The molecule has 35 heavy (non-hydrogen) atoms. The van der Waals surface area contributed by atoms with E-state index in [4.69, 9.17) is 10.1 Å². The number of pyridine rings is 1. The van der Waals surface area contributed by atoms with Crippen molar-refractivity contribution >= 4 is 32.8 Å². The van der Waals surface area contributed by atoms with Crippen LogP contribution in [0, 0.1) is 13.8 Å². The van der Waals surface area contributed by atoms with Crippen LogP contribution < -0.4 is 4.80 Å². The van der Waals surface area contributed by atoms with E-state index in [2.05, 4.69) is 36.2 Å². The number of rotatable bonds is 6. The zero-order valence-corrected chi connectivity index (χ0v) is 21.9. The van der Waals surface area contributed by atoms with Crippen LogP contribution in [0.2, 0.25) is 0 Å². The van der Waals surface area contributed by atoms with Gasteiger partial charge in [0.1, 0.15) is 0 Å². The number of benzene rings is 2.